The van der Waals surface area contributed by atoms with E-state index in [0.717, 1.165) is 0 Å². The Morgan fingerprint density at radius 2 is 2.29 bits per heavy atom. The number of carbonyl (C=O) groups is 2. The normalized spacial score (nSPS) is 15.6. The molecule has 0 N–H and O–H groups in total. The number of aromatic nitrogens is 1. The number of nitrogens with zero attached hydrogens (tertiary/aromatic N) is 3. The van der Waals surface area contributed by atoms with Gasteiger partial charge in [-0.2, -0.15) is 4.99 Å². The van der Waals surface area contributed by atoms with Crippen LogP contribution in [0.5, 0.6) is 0 Å². The van der Waals surface area contributed by atoms with E-state index < -0.39 is 0 Å². The third kappa shape index (κ3) is 1.39. The monoisotopic (exact) mass is 189 g/mol. The van der Waals surface area contributed by atoms with Gasteiger partial charge in [-0.1, -0.05) is 6.07 Å². The minimum absolute atomic E-state index is 0.0884. The van der Waals surface area contributed by atoms with E-state index in [-0.39, 0.29) is 18.3 Å². The Bertz CT molecular complexity index is 400. The van der Waals surface area contributed by atoms with E-state index in [9.17, 15) is 9.59 Å². The van der Waals surface area contributed by atoms with Crippen molar-refractivity contribution in [2.45, 2.75) is 0 Å². The van der Waals surface area contributed by atoms with Gasteiger partial charge in [0.05, 0.1) is 0 Å². The van der Waals surface area contributed by atoms with Gasteiger partial charge in [-0.25, -0.2) is 4.98 Å². The van der Waals surface area contributed by atoms with Crippen molar-refractivity contribution in [1.82, 2.24) is 4.98 Å². The number of amidine groups is 1. The number of aldehydes is 1. The number of amides is 1. The molecular weight excluding hydrogens is 182 g/mol. The molecule has 14 heavy (non-hydrogen) atoms. The first-order valence-electron chi connectivity index (χ1n) is 4.06. The van der Waals surface area contributed by atoms with Crippen molar-refractivity contribution in [3.05, 3.63) is 24.4 Å². The molecule has 0 saturated heterocycles. The van der Waals surface area contributed by atoms with E-state index in [1.807, 2.05) is 0 Å². The van der Waals surface area contributed by atoms with E-state index in [0.29, 0.717) is 12.1 Å². The summed E-state index contributed by atoms with van der Waals surface area (Å²) in [5, 5.41) is 0. The van der Waals surface area contributed by atoms with Crippen LogP contribution in [-0.4, -0.2) is 29.6 Å². The van der Waals surface area contributed by atoms with Crippen molar-refractivity contribution in [2.75, 3.05) is 11.4 Å². The Morgan fingerprint density at radius 3 is 2.93 bits per heavy atom. The molecule has 0 atom stereocenters. The lowest BCUT2D eigenvalue weighted by Crippen LogP contribution is -2.29. The maximum absolute atomic E-state index is 11.0. The average Bonchev–Trinajstić information content (AvgIpc) is 2.61. The van der Waals surface area contributed by atoms with Crippen LogP contribution in [0.2, 0.25) is 0 Å². The summed E-state index contributed by atoms with van der Waals surface area (Å²) in [6.07, 6.45) is 2.15. The highest BCUT2D eigenvalue weighted by Crippen LogP contribution is 2.13. The standard InChI is InChI=1S/C9H7N3O2/c13-6-8-11-9(14)5-12(8)7-3-1-2-4-10-7/h1-4,6H,5H2. The lowest BCUT2D eigenvalue weighted by atomic mass is 10.4. The van der Waals surface area contributed by atoms with E-state index in [2.05, 4.69) is 9.98 Å². The molecule has 1 amide bonds. The zero-order chi connectivity index (χ0) is 9.97. The number of pyridine rings is 1. The smallest absolute Gasteiger partial charge is 0.267 e. The molecular formula is C9H7N3O2. The Hall–Kier alpha value is -2.04. The van der Waals surface area contributed by atoms with Crippen molar-refractivity contribution in [3.8, 4) is 0 Å². The minimum Gasteiger partial charge on any atom is -0.299 e. The Labute approximate surface area is 80.1 Å². The fraction of sp³-hybridized carbons (Fsp3) is 0.111. The van der Waals surface area contributed by atoms with Gasteiger partial charge < -0.3 is 0 Å². The van der Waals surface area contributed by atoms with Crippen LogP contribution in [0.4, 0.5) is 5.82 Å². The van der Waals surface area contributed by atoms with Gasteiger partial charge in [0, 0.05) is 6.20 Å². The Balaban J connectivity index is 2.33. The number of carbonyl (C=O) groups excluding carboxylic acids is 2. The molecule has 0 spiro atoms. The molecule has 70 valence electrons. The zero-order valence-corrected chi connectivity index (χ0v) is 7.25. The SMILES string of the molecule is O=CC1=NC(=O)CN1c1ccccn1. The first-order chi connectivity index (χ1) is 6.81. The summed E-state index contributed by atoms with van der Waals surface area (Å²) in [6, 6.07) is 5.27. The Kier molecular flexibility index (Phi) is 2.06. The third-order valence-corrected chi connectivity index (χ3v) is 1.84. The molecule has 0 aliphatic carbocycles. The van der Waals surface area contributed by atoms with Crippen molar-refractivity contribution in [2.24, 2.45) is 4.99 Å². The van der Waals surface area contributed by atoms with Gasteiger partial charge in [0.15, 0.2) is 12.1 Å². The number of hydrogen-bond acceptors (Lipinski definition) is 4. The highest BCUT2D eigenvalue weighted by Gasteiger charge is 2.24. The zero-order valence-electron chi connectivity index (χ0n) is 7.25. The van der Waals surface area contributed by atoms with Crippen LogP contribution in [0.25, 0.3) is 0 Å². The molecule has 1 aromatic heterocycles. The van der Waals surface area contributed by atoms with Gasteiger partial charge in [0.1, 0.15) is 12.4 Å². The summed E-state index contributed by atoms with van der Waals surface area (Å²) >= 11 is 0. The van der Waals surface area contributed by atoms with Crippen LogP contribution in [0.3, 0.4) is 0 Å². The molecule has 0 bridgehead atoms. The van der Waals surface area contributed by atoms with Crippen LogP contribution >= 0.6 is 0 Å². The van der Waals surface area contributed by atoms with E-state index in [1.54, 1.807) is 24.4 Å². The second-order valence-electron chi connectivity index (χ2n) is 2.76. The summed E-state index contributed by atoms with van der Waals surface area (Å²) in [7, 11) is 0. The molecule has 5 heteroatoms. The lowest BCUT2D eigenvalue weighted by Gasteiger charge is -2.13. The number of rotatable bonds is 2. The van der Waals surface area contributed by atoms with E-state index in [4.69, 9.17) is 0 Å². The third-order valence-electron chi connectivity index (χ3n) is 1.84. The predicted octanol–water partition coefficient (Wildman–Crippen LogP) is 0.0256. The molecule has 1 aliphatic heterocycles. The maximum Gasteiger partial charge on any atom is 0.267 e. The van der Waals surface area contributed by atoms with Gasteiger partial charge in [0.2, 0.25) is 0 Å². The largest absolute Gasteiger partial charge is 0.299 e. The highest BCUT2D eigenvalue weighted by atomic mass is 16.2. The first kappa shape index (κ1) is 8.55. The van der Waals surface area contributed by atoms with Crippen molar-refractivity contribution in [3.63, 3.8) is 0 Å². The predicted molar refractivity (Wildman–Crippen MR) is 50.1 cm³/mol. The van der Waals surface area contributed by atoms with Crippen molar-refractivity contribution in [1.29, 1.82) is 0 Å². The van der Waals surface area contributed by atoms with Crippen LogP contribution in [0, 0.1) is 0 Å². The van der Waals surface area contributed by atoms with Crippen molar-refractivity contribution < 1.29 is 9.59 Å². The van der Waals surface area contributed by atoms with Crippen LogP contribution in [0.15, 0.2) is 29.4 Å². The van der Waals surface area contributed by atoms with Gasteiger partial charge in [-0.3, -0.25) is 14.5 Å². The summed E-state index contributed by atoms with van der Waals surface area (Å²) in [4.78, 5) is 30.6. The molecule has 0 saturated carbocycles. The van der Waals surface area contributed by atoms with Crippen LogP contribution in [-0.2, 0) is 9.59 Å². The van der Waals surface area contributed by atoms with Gasteiger partial charge in [0.25, 0.3) is 5.91 Å². The molecule has 0 radical (unpaired) electrons. The molecule has 2 rings (SSSR count). The Morgan fingerprint density at radius 1 is 1.43 bits per heavy atom. The molecule has 5 nitrogen and oxygen atoms in total. The maximum atomic E-state index is 11.0. The fourth-order valence-electron chi connectivity index (χ4n) is 1.24. The number of hydrogen-bond donors (Lipinski definition) is 0. The molecule has 0 aromatic carbocycles. The molecule has 0 fully saturated rings. The minimum atomic E-state index is -0.322. The number of anilines is 1. The second-order valence-corrected chi connectivity index (χ2v) is 2.76. The lowest BCUT2D eigenvalue weighted by molar-refractivity contribution is -0.116. The van der Waals surface area contributed by atoms with E-state index in [1.165, 1.54) is 4.90 Å². The molecule has 1 aliphatic rings. The van der Waals surface area contributed by atoms with E-state index >= 15 is 0 Å². The van der Waals surface area contributed by atoms with Gasteiger partial charge >= 0.3 is 0 Å². The van der Waals surface area contributed by atoms with Gasteiger partial charge in [-0.15, -0.1) is 0 Å². The summed E-state index contributed by atoms with van der Waals surface area (Å²) < 4.78 is 0. The summed E-state index contributed by atoms with van der Waals surface area (Å²) in [5.74, 6) is 0.357. The average molecular weight is 189 g/mol. The topological polar surface area (TPSA) is 62.6 Å². The van der Waals surface area contributed by atoms with Crippen molar-refractivity contribution >= 4 is 23.8 Å². The highest BCUT2D eigenvalue weighted by molar-refractivity contribution is 6.38. The summed E-state index contributed by atoms with van der Waals surface area (Å²) in [5.41, 5.74) is 0. The van der Waals surface area contributed by atoms with Crippen LogP contribution in [0.1, 0.15) is 0 Å². The molecule has 1 aromatic rings. The fourth-order valence-corrected chi connectivity index (χ4v) is 1.24. The quantitative estimate of drug-likeness (QED) is 0.615. The van der Waals surface area contributed by atoms with Crippen LogP contribution < -0.4 is 4.90 Å². The first-order valence-corrected chi connectivity index (χ1v) is 4.06. The van der Waals surface area contributed by atoms with Gasteiger partial charge in [-0.05, 0) is 12.1 Å². The number of aliphatic imine (C=N–C) groups is 1. The molecule has 2 heterocycles. The summed E-state index contributed by atoms with van der Waals surface area (Å²) in [6.45, 7) is 0.0884. The second kappa shape index (κ2) is 3.37. The molecule has 0 unspecified atom stereocenters.